The molecular formula is C21H42O2S. The minimum Gasteiger partial charge on any atom is -0.452 e. The van der Waals surface area contributed by atoms with Crippen LogP contribution in [0.3, 0.4) is 0 Å². The molecule has 0 aromatic carbocycles. The van der Waals surface area contributed by atoms with Crippen molar-refractivity contribution in [2.24, 2.45) is 0 Å². The summed E-state index contributed by atoms with van der Waals surface area (Å²) in [6.07, 6.45) is 19.2. The van der Waals surface area contributed by atoms with E-state index in [1.807, 2.05) is 20.8 Å². The van der Waals surface area contributed by atoms with Gasteiger partial charge in [-0.25, -0.2) is 4.79 Å². The van der Waals surface area contributed by atoms with Gasteiger partial charge >= 0.3 is 5.30 Å². The second kappa shape index (κ2) is 16.3. The second-order valence-corrected chi connectivity index (χ2v) is 8.94. The minimum absolute atomic E-state index is 0.128. The molecule has 0 unspecified atom stereocenters. The first-order valence-electron chi connectivity index (χ1n) is 10.3. The summed E-state index contributed by atoms with van der Waals surface area (Å²) in [4.78, 5) is 11.5. The Kier molecular flexibility index (Phi) is 16.2. The van der Waals surface area contributed by atoms with Crippen LogP contribution in [0.25, 0.3) is 0 Å². The Hall–Kier alpha value is -0.180. The molecule has 0 saturated heterocycles. The van der Waals surface area contributed by atoms with E-state index in [0.29, 0.717) is 0 Å². The first kappa shape index (κ1) is 23.8. The Balaban J connectivity index is 3.14. The topological polar surface area (TPSA) is 26.3 Å². The SMILES string of the molecule is CCCCCCCCCCCCCCCCSC(=O)OC(C)(C)C. The molecule has 0 aliphatic carbocycles. The average molecular weight is 359 g/mol. The van der Waals surface area contributed by atoms with Crippen LogP contribution in [-0.2, 0) is 4.74 Å². The number of carbonyl (C=O) groups is 1. The maximum atomic E-state index is 11.5. The Morgan fingerprint density at radius 3 is 1.46 bits per heavy atom. The first-order valence-corrected chi connectivity index (χ1v) is 11.3. The number of rotatable bonds is 15. The molecule has 0 spiro atoms. The Morgan fingerprint density at radius 1 is 0.708 bits per heavy atom. The predicted octanol–water partition coefficient (Wildman–Crippen LogP) is 8.14. The number of thioether (sulfide) groups is 1. The summed E-state index contributed by atoms with van der Waals surface area (Å²) in [5.41, 5.74) is -0.362. The molecule has 0 fully saturated rings. The molecule has 0 aromatic rings. The highest BCUT2D eigenvalue weighted by atomic mass is 32.2. The lowest BCUT2D eigenvalue weighted by Gasteiger charge is -2.18. The van der Waals surface area contributed by atoms with Crippen molar-refractivity contribution in [1.82, 2.24) is 0 Å². The van der Waals surface area contributed by atoms with Gasteiger partial charge in [0.25, 0.3) is 0 Å². The molecular weight excluding hydrogens is 316 g/mol. The number of carbonyl (C=O) groups excluding carboxylic acids is 1. The van der Waals surface area contributed by atoms with E-state index in [2.05, 4.69) is 6.92 Å². The minimum atomic E-state index is -0.362. The zero-order chi connectivity index (χ0) is 18.1. The Bertz CT molecular complexity index is 284. The highest BCUT2D eigenvalue weighted by Crippen LogP contribution is 2.17. The van der Waals surface area contributed by atoms with E-state index in [1.54, 1.807) is 0 Å². The van der Waals surface area contributed by atoms with Gasteiger partial charge in [0.2, 0.25) is 0 Å². The summed E-state index contributed by atoms with van der Waals surface area (Å²) in [5.74, 6) is 0.896. The van der Waals surface area contributed by atoms with E-state index in [1.165, 1.54) is 95.2 Å². The fourth-order valence-electron chi connectivity index (χ4n) is 2.73. The van der Waals surface area contributed by atoms with Crippen LogP contribution in [0.15, 0.2) is 0 Å². The van der Waals surface area contributed by atoms with Crippen LogP contribution < -0.4 is 0 Å². The van der Waals surface area contributed by atoms with Crippen molar-refractivity contribution in [2.75, 3.05) is 5.75 Å². The maximum Gasteiger partial charge on any atom is 0.367 e. The van der Waals surface area contributed by atoms with Gasteiger partial charge in [0.1, 0.15) is 5.60 Å². The number of hydrogen-bond acceptors (Lipinski definition) is 3. The first-order chi connectivity index (χ1) is 11.5. The van der Waals surface area contributed by atoms with E-state index in [9.17, 15) is 4.79 Å². The van der Waals surface area contributed by atoms with Crippen LogP contribution in [0.4, 0.5) is 4.79 Å². The lowest BCUT2D eigenvalue weighted by molar-refractivity contribution is 0.0738. The average Bonchev–Trinajstić information content (AvgIpc) is 2.49. The van der Waals surface area contributed by atoms with Crippen LogP contribution >= 0.6 is 11.8 Å². The molecule has 0 aliphatic heterocycles. The molecule has 0 heterocycles. The third kappa shape index (κ3) is 19.9. The maximum absolute atomic E-state index is 11.5. The van der Waals surface area contributed by atoms with Gasteiger partial charge in [-0.05, 0) is 39.0 Å². The molecule has 144 valence electrons. The van der Waals surface area contributed by atoms with Gasteiger partial charge in [-0.2, -0.15) is 0 Å². The molecule has 24 heavy (non-hydrogen) atoms. The molecule has 3 heteroatoms. The van der Waals surface area contributed by atoms with Crippen molar-refractivity contribution < 1.29 is 9.53 Å². The van der Waals surface area contributed by atoms with Crippen LogP contribution in [0.5, 0.6) is 0 Å². The number of unbranched alkanes of at least 4 members (excludes halogenated alkanes) is 13. The molecule has 0 amide bonds. The summed E-state index contributed by atoms with van der Waals surface area (Å²) < 4.78 is 5.28. The predicted molar refractivity (Wildman–Crippen MR) is 109 cm³/mol. The van der Waals surface area contributed by atoms with Gasteiger partial charge < -0.3 is 4.74 Å². The van der Waals surface area contributed by atoms with Gasteiger partial charge in [0, 0.05) is 5.75 Å². The van der Waals surface area contributed by atoms with Crippen molar-refractivity contribution in [3.63, 3.8) is 0 Å². The van der Waals surface area contributed by atoms with Crippen LogP contribution in [0, 0.1) is 0 Å². The molecule has 0 radical (unpaired) electrons. The van der Waals surface area contributed by atoms with E-state index < -0.39 is 0 Å². The Morgan fingerprint density at radius 2 is 1.08 bits per heavy atom. The quantitative estimate of drug-likeness (QED) is 0.218. The van der Waals surface area contributed by atoms with Gasteiger partial charge in [-0.1, -0.05) is 90.4 Å². The van der Waals surface area contributed by atoms with E-state index in [4.69, 9.17) is 4.74 Å². The summed E-state index contributed by atoms with van der Waals surface area (Å²) in [6.45, 7) is 8.02. The van der Waals surface area contributed by atoms with Gasteiger partial charge in [0.15, 0.2) is 0 Å². The van der Waals surface area contributed by atoms with Gasteiger partial charge in [-0.15, -0.1) is 0 Å². The zero-order valence-electron chi connectivity index (χ0n) is 16.8. The summed E-state index contributed by atoms with van der Waals surface area (Å²) in [5, 5.41) is -0.128. The zero-order valence-corrected chi connectivity index (χ0v) is 17.6. The monoisotopic (exact) mass is 358 g/mol. The van der Waals surface area contributed by atoms with Crippen molar-refractivity contribution >= 4 is 17.1 Å². The van der Waals surface area contributed by atoms with Crippen LogP contribution in [0.1, 0.15) is 118 Å². The normalized spacial score (nSPS) is 11.7. The summed E-state index contributed by atoms with van der Waals surface area (Å²) in [6, 6.07) is 0. The van der Waals surface area contributed by atoms with Crippen molar-refractivity contribution in [3.05, 3.63) is 0 Å². The van der Waals surface area contributed by atoms with Crippen LogP contribution in [-0.4, -0.2) is 16.7 Å². The van der Waals surface area contributed by atoms with E-state index in [0.717, 1.165) is 12.2 Å². The van der Waals surface area contributed by atoms with Crippen molar-refractivity contribution in [3.8, 4) is 0 Å². The molecule has 0 aliphatic rings. The number of hydrogen-bond donors (Lipinski definition) is 0. The van der Waals surface area contributed by atoms with Gasteiger partial charge in [0.05, 0.1) is 0 Å². The summed E-state index contributed by atoms with van der Waals surface area (Å²) >= 11 is 1.33. The molecule has 0 N–H and O–H groups in total. The van der Waals surface area contributed by atoms with Gasteiger partial charge in [-0.3, -0.25) is 0 Å². The summed E-state index contributed by atoms with van der Waals surface area (Å²) in [7, 11) is 0. The molecule has 0 aromatic heterocycles. The molecule has 0 atom stereocenters. The van der Waals surface area contributed by atoms with Crippen molar-refractivity contribution in [2.45, 2.75) is 123 Å². The molecule has 0 rings (SSSR count). The lowest BCUT2D eigenvalue weighted by Crippen LogP contribution is -2.21. The lowest BCUT2D eigenvalue weighted by atomic mass is 10.0. The van der Waals surface area contributed by atoms with Crippen molar-refractivity contribution in [1.29, 1.82) is 0 Å². The van der Waals surface area contributed by atoms with Crippen LogP contribution in [0.2, 0.25) is 0 Å². The smallest absolute Gasteiger partial charge is 0.367 e. The molecule has 0 saturated carbocycles. The number of ether oxygens (including phenoxy) is 1. The fourth-order valence-corrected chi connectivity index (χ4v) is 3.56. The Labute approximate surface area is 155 Å². The second-order valence-electron chi connectivity index (χ2n) is 7.91. The molecule has 0 bridgehead atoms. The highest BCUT2D eigenvalue weighted by Gasteiger charge is 2.15. The standard InChI is InChI=1S/C21H42O2S/c1-5-6-7-8-9-10-11-12-13-14-15-16-17-18-19-24-20(22)23-21(2,3)4/h5-19H2,1-4H3. The molecule has 2 nitrogen and oxygen atoms in total. The highest BCUT2D eigenvalue weighted by molar-refractivity contribution is 8.13. The van der Waals surface area contributed by atoms with E-state index >= 15 is 0 Å². The third-order valence-electron chi connectivity index (χ3n) is 4.11. The fraction of sp³-hybridized carbons (Fsp3) is 0.952. The third-order valence-corrected chi connectivity index (χ3v) is 4.92. The largest absolute Gasteiger partial charge is 0.452 e. The van der Waals surface area contributed by atoms with E-state index in [-0.39, 0.29) is 10.9 Å².